The molecule has 21 heavy (non-hydrogen) atoms. The lowest BCUT2D eigenvalue weighted by atomic mass is 9.97. The van der Waals surface area contributed by atoms with Crippen LogP contribution in [-0.2, 0) is 6.42 Å². The average molecular weight is 301 g/mol. The van der Waals surface area contributed by atoms with Crippen LogP contribution < -0.4 is 10.6 Å². The molecular formula is C17H17ClN2O. The Balaban J connectivity index is 2.04. The van der Waals surface area contributed by atoms with E-state index < -0.39 is 0 Å². The van der Waals surface area contributed by atoms with Gasteiger partial charge in [-0.2, -0.15) is 0 Å². The van der Waals surface area contributed by atoms with Gasteiger partial charge in [-0.1, -0.05) is 35.9 Å². The molecule has 0 spiro atoms. The minimum absolute atomic E-state index is 0.0386. The Morgan fingerprint density at radius 3 is 2.86 bits per heavy atom. The van der Waals surface area contributed by atoms with Crippen LogP contribution in [0.15, 0.2) is 42.5 Å². The minimum atomic E-state index is -0.0439. The summed E-state index contributed by atoms with van der Waals surface area (Å²) in [4.78, 5) is 14.7. The summed E-state index contributed by atoms with van der Waals surface area (Å²) in [6.45, 7) is 2.45. The van der Waals surface area contributed by atoms with Crippen LogP contribution in [0.2, 0.25) is 5.02 Å². The van der Waals surface area contributed by atoms with Gasteiger partial charge in [0.1, 0.15) is 0 Å². The van der Waals surface area contributed by atoms with Crippen LogP contribution in [0.25, 0.3) is 0 Å². The van der Waals surface area contributed by atoms with Gasteiger partial charge >= 0.3 is 0 Å². The van der Waals surface area contributed by atoms with Crippen molar-refractivity contribution in [2.75, 3.05) is 11.4 Å². The predicted octanol–water partition coefficient (Wildman–Crippen LogP) is 3.18. The number of carbonyl (C=O) groups excluding carboxylic acids is 1. The van der Waals surface area contributed by atoms with E-state index in [1.165, 1.54) is 0 Å². The first-order chi connectivity index (χ1) is 10.1. The number of nitrogens with zero attached hydrogens (tertiary/aromatic N) is 1. The van der Waals surface area contributed by atoms with E-state index in [0.717, 1.165) is 23.2 Å². The van der Waals surface area contributed by atoms with Gasteiger partial charge in [0.15, 0.2) is 0 Å². The van der Waals surface area contributed by atoms with Gasteiger partial charge in [-0.25, -0.2) is 0 Å². The summed E-state index contributed by atoms with van der Waals surface area (Å²) in [7, 11) is 0. The van der Waals surface area contributed by atoms with Crippen molar-refractivity contribution in [1.82, 2.24) is 0 Å². The van der Waals surface area contributed by atoms with Crippen molar-refractivity contribution in [3.8, 4) is 0 Å². The number of aryl methyl sites for hydroxylation is 1. The molecule has 0 aromatic heterocycles. The van der Waals surface area contributed by atoms with Crippen molar-refractivity contribution < 1.29 is 4.79 Å². The summed E-state index contributed by atoms with van der Waals surface area (Å²) in [6.07, 6.45) is 0.800. The van der Waals surface area contributed by atoms with E-state index >= 15 is 0 Å². The molecule has 2 N–H and O–H groups in total. The monoisotopic (exact) mass is 300 g/mol. The highest BCUT2D eigenvalue weighted by molar-refractivity contribution is 6.31. The van der Waals surface area contributed by atoms with Crippen LogP contribution in [0.1, 0.15) is 21.5 Å². The number of benzene rings is 2. The van der Waals surface area contributed by atoms with Crippen molar-refractivity contribution in [2.45, 2.75) is 19.4 Å². The summed E-state index contributed by atoms with van der Waals surface area (Å²) < 4.78 is 0. The van der Waals surface area contributed by atoms with Gasteiger partial charge in [-0.3, -0.25) is 4.79 Å². The second kappa shape index (κ2) is 5.51. The van der Waals surface area contributed by atoms with Gasteiger partial charge in [0.2, 0.25) is 0 Å². The molecule has 3 nitrogen and oxygen atoms in total. The lowest BCUT2D eigenvalue weighted by Gasteiger charge is -2.33. The van der Waals surface area contributed by atoms with Crippen molar-refractivity contribution >= 4 is 23.2 Å². The van der Waals surface area contributed by atoms with E-state index in [1.54, 1.807) is 17.0 Å². The molecule has 2 aromatic rings. The van der Waals surface area contributed by atoms with Crippen molar-refractivity contribution in [2.24, 2.45) is 5.73 Å². The molecule has 0 saturated carbocycles. The maximum atomic E-state index is 12.9. The number of halogens is 1. The fourth-order valence-corrected chi connectivity index (χ4v) is 2.96. The Bertz CT molecular complexity index is 699. The lowest BCUT2D eigenvalue weighted by molar-refractivity contribution is 0.0983. The molecule has 1 heterocycles. The number of anilines is 1. The summed E-state index contributed by atoms with van der Waals surface area (Å²) >= 11 is 6.03. The lowest BCUT2D eigenvalue weighted by Crippen LogP contribution is -2.46. The SMILES string of the molecule is Cc1ccc(Cl)cc1C(=O)N1CC(N)Cc2ccccc21. The van der Waals surface area contributed by atoms with E-state index in [4.69, 9.17) is 17.3 Å². The second-order valence-electron chi connectivity index (χ2n) is 5.47. The van der Waals surface area contributed by atoms with Gasteiger partial charge in [0.25, 0.3) is 5.91 Å². The van der Waals surface area contributed by atoms with Crippen molar-refractivity contribution in [3.63, 3.8) is 0 Å². The van der Waals surface area contributed by atoms with Crippen LogP contribution >= 0.6 is 11.6 Å². The largest absolute Gasteiger partial charge is 0.326 e. The third kappa shape index (κ3) is 2.67. The number of nitrogens with two attached hydrogens (primary N) is 1. The molecule has 108 valence electrons. The zero-order valence-corrected chi connectivity index (χ0v) is 12.6. The molecule has 1 atom stereocenters. The number of carbonyl (C=O) groups is 1. The van der Waals surface area contributed by atoms with E-state index in [0.29, 0.717) is 17.1 Å². The fourth-order valence-electron chi connectivity index (χ4n) is 2.79. The van der Waals surface area contributed by atoms with Crippen molar-refractivity contribution in [1.29, 1.82) is 0 Å². The predicted molar refractivity (Wildman–Crippen MR) is 86.0 cm³/mol. The number of hydrogen-bond donors (Lipinski definition) is 1. The Morgan fingerprint density at radius 1 is 1.29 bits per heavy atom. The standard InChI is InChI=1S/C17H17ClN2O/c1-11-6-7-13(18)9-15(11)17(21)20-10-14(19)8-12-4-2-3-5-16(12)20/h2-7,9,14H,8,10,19H2,1H3. The van der Waals surface area contributed by atoms with Crippen LogP contribution in [0, 0.1) is 6.92 Å². The zero-order chi connectivity index (χ0) is 15.0. The van der Waals surface area contributed by atoms with Gasteiger partial charge in [0, 0.05) is 28.9 Å². The molecule has 1 aliphatic heterocycles. The summed E-state index contributed by atoms with van der Waals surface area (Å²) in [6, 6.07) is 13.3. The van der Waals surface area contributed by atoms with Gasteiger partial charge in [-0.05, 0) is 42.7 Å². The summed E-state index contributed by atoms with van der Waals surface area (Å²) in [5.41, 5.74) is 9.72. The molecule has 0 saturated heterocycles. The molecule has 1 unspecified atom stereocenters. The van der Waals surface area contributed by atoms with Crippen LogP contribution in [0.5, 0.6) is 0 Å². The Morgan fingerprint density at radius 2 is 2.05 bits per heavy atom. The molecule has 1 amide bonds. The molecule has 0 fully saturated rings. The van der Waals surface area contributed by atoms with Crippen molar-refractivity contribution in [3.05, 3.63) is 64.2 Å². The first kappa shape index (κ1) is 14.1. The van der Waals surface area contributed by atoms with E-state index in [1.807, 2.05) is 37.3 Å². The molecule has 1 aliphatic rings. The number of para-hydroxylation sites is 1. The Hall–Kier alpha value is -1.84. The Kier molecular flexibility index (Phi) is 3.70. The first-order valence-electron chi connectivity index (χ1n) is 6.98. The molecule has 0 aliphatic carbocycles. The molecular weight excluding hydrogens is 284 g/mol. The van der Waals surface area contributed by atoms with Gasteiger partial charge < -0.3 is 10.6 Å². The van der Waals surface area contributed by atoms with Crippen LogP contribution in [-0.4, -0.2) is 18.5 Å². The maximum absolute atomic E-state index is 12.9. The highest BCUT2D eigenvalue weighted by Crippen LogP contribution is 2.29. The number of fused-ring (bicyclic) bond motifs is 1. The number of rotatable bonds is 1. The van der Waals surface area contributed by atoms with E-state index in [-0.39, 0.29) is 11.9 Å². The van der Waals surface area contributed by atoms with E-state index in [2.05, 4.69) is 0 Å². The fraction of sp³-hybridized carbons (Fsp3) is 0.235. The van der Waals surface area contributed by atoms with Crippen LogP contribution in [0.3, 0.4) is 0 Å². The number of amides is 1. The third-order valence-electron chi connectivity index (χ3n) is 3.86. The molecule has 4 heteroatoms. The second-order valence-corrected chi connectivity index (χ2v) is 5.90. The minimum Gasteiger partial charge on any atom is -0.326 e. The smallest absolute Gasteiger partial charge is 0.258 e. The normalized spacial score (nSPS) is 17.5. The molecule has 0 bridgehead atoms. The highest BCUT2D eigenvalue weighted by Gasteiger charge is 2.27. The third-order valence-corrected chi connectivity index (χ3v) is 4.09. The topological polar surface area (TPSA) is 46.3 Å². The van der Waals surface area contributed by atoms with Crippen LogP contribution in [0.4, 0.5) is 5.69 Å². The van der Waals surface area contributed by atoms with Gasteiger partial charge in [0.05, 0.1) is 0 Å². The Labute approximate surface area is 129 Å². The highest BCUT2D eigenvalue weighted by atomic mass is 35.5. The average Bonchev–Trinajstić information content (AvgIpc) is 2.48. The molecule has 2 aromatic carbocycles. The quantitative estimate of drug-likeness (QED) is 0.879. The zero-order valence-electron chi connectivity index (χ0n) is 11.8. The summed E-state index contributed by atoms with van der Waals surface area (Å²) in [5.74, 6) is -0.0439. The molecule has 0 radical (unpaired) electrons. The number of hydrogen-bond acceptors (Lipinski definition) is 2. The maximum Gasteiger partial charge on any atom is 0.258 e. The van der Waals surface area contributed by atoms with E-state index in [9.17, 15) is 4.79 Å². The van der Waals surface area contributed by atoms with Gasteiger partial charge in [-0.15, -0.1) is 0 Å². The molecule has 3 rings (SSSR count). The first-order valence-corrected chi connectivity index (χ1v) is 7.35. The summed E-state index contributed by atoms with van der Waals surface area (Å²) in [5, 5.41) is 0.568.